The van der Waals surface area contributed by atoms with Crippen LogP contribution in [0.1, 0.15) is 28.0 Å². The molecular formula is C20H13B9ClF2N3O. The van der Waals surface area contributed by atoms with Crippen molar-refractivity contribution in [2.24, 2.45) is 0 Å². The Labute approximate surface area is 226 Å². The van der Waals surface area contributed by atoms with E-state index in [0.717, 1.165) is 17.0 Å². The molecule has 1 atom stereocenters. The second kappa shape index (κ2) is 9.69. The van der Waals surface area contributed by atoms with Crippen LogP contribution in [-0.2, 0) is 10.5 Å². The Kier molecular flexibility index (Phi) is 7.83. The van der Waals surface area contributed by atoms with Gasteiger partial charge in [-0.15, -0.1) is 5.11 Å². The van der Waals surface area contributed by atoms with E-state index in [1.807, 2.05) is 0 Å². The highest BCUT2D eigenvalue weighted by Gasteiger charge is 2.55. The van der Waals surface area contributed by atoms with E-state index < -0.39 is 57.9 Å². The Hall–Kier alpha value is -1.47. The van der Waals surface area contributed by atoms with E-state index in [9.17, 15) is 9.18 Å². The van der Waals surface area contributed by atoms with Gasteiger partial charge in [-0.25, -0.2) is 8.78 Å². The molecule has 1 unspecified atom stereocenters. The normalized spacial score (nSPS) is 21.7. The third-order valence-corrected chi connectivity index (χ3v) is 6.37. The Morgan fingerprint density at radius 3 is 2.28 bits per heavy atom. The summed E-state index contributed by atoms with van der Waals surface area (Å²) in [6, 6.07) is 6.11. The molecule has 1 aromatic carbocycles. The van der Waals surface area contributed by atoms with E-state index >= 15 is 4.39 Å². The number of piperidine rings is 1. The number of amides is 1. The average Bonchev–Trinajstić information content (AvgIpc) is 2.76. The van der Waals surface area contributed by atoms with Crippen molar-refractivity contribution < 1.29 is 13.6 Å². The van der Waals surface area contributed by atoms with E-state index in [1.54, 1.807) is 0 Å². The highest BCUT2D eigenvalue weighted by Crippen LogP contribution is 2.48. The number of carbonyl (C=O) groups excluding carboxylic acids is 1. The number of benzene rings is 1. The Morgan fingerprint density at radius 1 is 1.11 bits per heavy atom. The minimum absolute atomic E-state index is 0.0455. The van der Waals surface area contributed by atoms with Gasteiger partial charge in [0, 0.05) is 30.5 Å². The topological polar surface area (TPSA) is 45.2 Å². The quantitative estimate of drug-likeness (QED) is 0.551. The summed E-state index contributed by atoms with van der Waals surface area (Å²) >= 11 is 5.76. The minimum atomic E-state index is -2.50. The van der Waals surface area contributed by atoms with Crippen LogP contribution in [0.5, 0.6) is 0 Å². The van der Waals surface area contributed by atoms with Crippen molar-refractivity contribution in [3.8, 4) is 0 Å². The highest BCUT2D eigenvalue weighted by molar-refractivity contribution is 6.58. The number of likely N-dealkylation sites (tertiary alicyclic amines) is 1. The first-order valence-corrected chi connectivity index (χ1v) is 10.9. The van der Waals surface area contributed by atoms with E-state index in [4.69, 9.17) is 82.2 Å². The number of alkyl halides is 1. The molecule has 0 bridgehead atoms. The summed E-state index contributed by atoms with van der Waals surface area (Å²) in [4.78, 5) is 18.0. The standard InChI is InChI=1S/C20H13B9ClF2N3O/c21-17(22)9-35(15(36)10-1-3-13(31)12(30)5-10)18(23,24)7-16(17,32)8-34-20(28,29)14-4-2-11(6-33-14)19(25,26)27/h1-6,34H,7-9H2. The lowest BCUT2D eigenvalue weighted by Gasteiger charge is -2.58. The summed E-state index contributed by atoms with van der Waals surface area (Å²) in [6.45, 7) is -1.22. The minimum Gasteiger partial charge on any atom is -0.351 e. The fourth-order valence-electron chi connectivity index (χ4n) is 3.80. The summed E-state index contributed by atoms with van der Waals surface area (Å²) in [5.41, 5.74) is -2.16. The maximum Gasteiger partial charge on any atom is 0.252 e. The van der Waals surface area contributed by atoms with Crippen LogP contribution in [-0.4, -0.2) is 111 Å². The zero-order chi connectivity index (χ0) is 27.3. The maximum atomic E-state index is 16.2. The number of carbonyl (C=O) groups is 1. The lowest BCUT2D eigenvalue weighted by atomic mass is 9.39. The molecule has 1 N–H and O–H groups in total. The molecule has 2 heterocycles. The monoisotopic (exact) mass is 483 g/mol. The van der Waals surface area contributed by atoms with Gasteiger partial charge in [-0.2, -0.15) is 0 Å². The van der Waals surface area contributed by atoms with Gasteiger partial charge in [0.1, 0.15) is 11.5 Å². The summed E-state index contributed by atoms with van der Waals surface area (Å²) in [5, 5.41) is -5.39. The van der Waals surface area contributed by atoms with Crippen LogP contribution in [0.3, 0.4) is 0 Å². The molecule has 4 nitrogen and oxygen atoms in total. The number of halogens is 3. The van der Waals surface area contributed by atoms with Crippen molar-refractivity contribution in [1.82, 2.24) is 15.2 Å². The molecular weight excluding hydrogens is 469 g/mol. The molecule has 2 aromatic rings. The van der Waals surface area contributed by atoms with Gasteiger partial charge in [0.05, 0.1) is 75.6 Å². The van der Waals surface area contributed by atoms with Crippen molar-refractivity contribution >= 4 is 88.1 Å². The molecule has 1 aliphatic rings. The molecule has 1 saturated heterocycles. The maximum absolute atomic E-state index is 16.2. The first-order valence-electron chi connectivity index (χ1n) is 10.6. The first-order chi connectivity index (χ1) is 16.3. The summed E-state index contributed by atoms with van der Waals surface area (Å²) in [6.07, 6.45) is 0.558. The molecule has 162 valence electrons. The van der Waals surface area contributed by atoms with Gasteiger partial charge in [-0.05, 0) is 52.1 Å². The average molecular weight is 482 g/mol. The van der Waals surface area contributed by atoms with Crippen molar-refractivity contribution in [1.29, 1.82) is 0 Å². The van der Waals surface area contributed by atoms with Gasteiger partial charge in [0.15, 0.2) is 0 Å². The van der Waals surface area contributed by atoms with Crippen LogP contribution in [0.25, 0.3) is 0 Å². The summed E-state index contributed by atoms with van der Waals surface area (Å²) in [7, 11) is 53.5. The predicted molar refractivity (Wildman–Crippen MR) is 144 cm³/mol. The van der Waals surface area contributed by atoms with Crippen LogP contribution < -0.4 is 5.32 Å². The number of hydrogen-bond donors (Lipinski definition) is 1. The molecule has 0 aliphatic carbocycles. The van der Waals surface area contributed by atoms with Crippen molar-refractivity contribution in [2.45, 2.75) is 33.1 Å². The third-order valence-electron chi connectivity index (χ3n) is 6.08. The largest absolute Gasteiger partial charge is 0.351 e. The Balaban J connectivity index is 1.80. The lowest BCUT2D eigenvalue weighted by molar-refractivity contribution is 0.0147. The van der Waals surface area contributed by atoms with Gasteiger partial charge < -0.3 is 10.2 Å². The molecule has 3 rings (SSSR count). The van der Waals surface area contributed by atoms with Gasteiger partial charge >= 0.3 is 0 Å². The van der Waals surface area contributed by atoms with Crippen LogP contribution >= 0.6 is 11.6 Å². The van der Waals surface area contributed by atoms with Crippen LogP contribution in [0.2, 0.25) is 10.2 Å². The number of nitrogens with one attached hydrogen (secondary N) is 1. The van der Waals surface area contributed by atoms with E-state index in [1.165, 1.54) is 24.4 Å². The number of rotatable bonds is 6. The zero-order valence-electron chi connectivity index (χ0n) is 19.2. The number of aromatic nitrogens is 1. The Morgan fingerprint density at radius 2 is 1.75 bits per heavy atom. The van der Waals surface area contributed by atoms with E-state index in [0.29, 0.717) is 5.56 Å². The van der Waals surface area contributed by atoms with Gasteiger partial charge in [0.2, 0.25) is 0 Å². The first kappa shape index (κ1) is 29.1. The lowest BCUT2D eigenvalue weighted by Crippen LogP contribution is -2.69. The zero-order valence-corrected chi connectivity index (χ0v) is 20.0. The second-order valence-corrected chi connectivity index (χ2v) is 9.69. The smallest absolute Gasteiger partial charge is 0.252 e. The molecule has 36 heavy (non-hydrogen) atoms. The second-order valence-electron chi connectivity index (χ2n) is 9.28. The molecule has 16 heteroatoms. The SMILES string of the molecule is [B]C([B])([B])c1ccc(C([B])([B])NCC2(F)CC([B])([B])N(C(=O)c3ccc(F)c(Cl)c3)CC2([B])[B])nc1. The third kappa shape index (κ3) is 5.82. The molecule has 0 spiro atoms. The molecule has 0 saturated carbocycles. The van der Waals surface area contributed by atoms with Gasteiger partial charge in [-0.1, -0.05) is 17.7 Å². The van der Waals surface area contributed by atoms with Gasteiger partial charge in [-0.3, -0.25) is 9.78 Å². The van der Waals surface area contributed by atoms with Crippen molar-refractivity contribution in [3.05, 3.63) is 64.2 Å². The number of hydrogen-bond acceptors (Lipinski definition) is 3. The fraction of sp³-hybridized carbons (Fsp3) is 0.400. The summed E-state index contributed by atoms with van der Waals surface area (Å²) < 4.78 is 29.7. The molecule has 18 radical (unpaired) electrons. The molecule has 1 aliphatic heterocycles. The van der Waals surface area contributed by atoms with E-state index in [2.05, 4.69) is 10.3 Å². The van der Waals surface area contributed by atoms with E-state index in [-0.39, 0.29) is 16.3 Å². The number of pyridine rings is 1. The van der Waals surface area contributed by atoms with Crippen LogP contribution in [0, 0.1) is 5.82 Å². The van der Waals surface area contributed by atoms with Gasteiger partial charge in [0.25, 0.3) is 5.91 Å². The predicted octanol–water partition coefficient (Wildman–Crippen LogP) is -0.775. The molecule has 1 amide bonds. The highest BCUT2D eigenvalue weighted by atomic mass is 35.5. The summed E-state index contributed by atoms with van der Waals surface area (Å²) in [5.74, 6) is -1.51. The fourth-order valence-corrected chi connectivity index (χ4v) is 3.98. The molecule has 1 fully saturated rings. The Bertz CT molecular complexity index is 1150. The van der Waals surface area contributed by atoms with Crippen molar-refractivity contribution in [2.75, 3.05) is 13.1 Å². The molecule has 1 aromatic heterocycles. The van der Waals surface area contributed by atoms with Crippen molar-refractivity contribution in [3.63, 3.8) is 0 Å². The van der Waals surface area contributed by atoms with Crippen LogP contribution in [0.15, 0.2) is 36.5 Å². The number of nitrogens with zero attached hydrogens (tertiary/aromatic N) is 2. The van der Waals surface area contributed by atoms with Crippen LogP contribution in [0.4, 0.5) is 8.78 Å².